The van der Waals surface area contributed by atoms with Gasteiger partial charge in [-0.25, -0.2) is 0 Å². The first-order valence-corrected chi connectivity index (χ1v) is 4.50. The van der Waals surface area contributed by atoms with Gasteiger partial charge < -0.3 is 5.73 Å². The number of fused-ring (bicyclic) bond motifs is 1. The second-order valence-electron chi connectivity index (χ2n) is 2.07. The van der Waals surface area contributed by atoms with E-state index in [9.17, 15) is 0 Å². The van der Waals surface area contributed by atoms with E-state index in [4.69, 9.17) is 5.73 Å². The lowest BCUT2D eigenvalue weighted by Crippen LogP contribution is -1.81. The number of rotatable bonds is 0. The van der Waals surface area contributed by atoms with Crippen LogP contribution in [0.1, 0.15) is 0 Å². The molecular formula is C6H4BrN3S. The van der Waals surface area contributed by atoms with Gasteiger partial charge in [0.1, 0.15) is 16.0 Å². The van der Waals surface area contributed by atoms with E-state index in [1.54, 1.807) is 6.20 Å². The summed E-state index contributed by atoms with van der Waals surface area (Å²) in [6, 6.07) is 1.90. The minimum atomic E-state index is 0.674. The molecule has 0 fully saturated rings. The van der Waals surface area contributed by atoms with Crippen LogP contribution in [0.15, 0.2) is 16.7 Å². The Morgan fingerprint density at radius 3 is 3.18 bits per heavy atom. The lowest BCUT2D eigenvalue weighted by molar-refractivity contribution is 1.39. The van der Waals surface area contributed by atoms with Crippen LogP contribution in [0.25, 0.3) is 11.0 Å². The van der Waals surface area contributed by atoms with E-state index in [1.165, 1.54) is 11.5 Å². The molecule has 0 aliphatic carbocycles. The number of nitrogen functional groups attached to an aromatic ring is 1. The lowest BCUT2D eigenvalue weighted by Gasteiger charge is -1.88. The third-order valence-corrected chi connectivity index (χ3v) is 2.42. The number of aromatic nitrogens is 2. The molecule has 0 unspecified atom stereocenters. The number of halogens is 1. The van der Waals surface area contributed by atoms with Crippen LogP contribution in [0.3, 0.4) is 0 Å². The highest BCUT2D eigenvalue weighted by molar-refractivity contribution is 9.10. The molecule has 11 heavy (non-hydrogen) atoms. The summed E-state index contributed by atoms with van der Waals surface area (Å²) < 4.78 is 5.03. The number of pyridine rings is 1. The van der Waals surface area contributed by atoms with E-state index >= 15 is 0 Å². The average molecular weight is 230 g/mol. The Kier molecular flexibility index (Phi) is 1.54. The van der Waals surface area contributed by atoms with Crippen molar-refractivity contribution in [3.8, 4) is 0 Å². The van der Waals surface area contributed by atoms with Gasteiger partial charge in [0, 0.05) is 10.7 Å². The molecule has 2 aromatic rings. The molecule has 0 bridgehead atoms. The van der Waals surface area contributed by atoms with Gasteiger partial charge in [-0.2, -0.15) is 4.37 Å². The van der Waals surface area contributed by atoms with Crippen LogP contribution in [0.4, 0.5) is 5.00 Å². The molecule has 2 aromatic heterocycles. The van der Waals surface area contributed by atoms with Crippen molar-refractivity contribution in [1.29, 1.82) is 0 Å². The van der Waals surface area contributed by atoms with E-state index in [0.717, 1.165) is 15.5 Å². The van der Waals surface area contributed by atoms with E-state index < -0.39 is 0 Å². The molecule has 2 rings (SSSR count). The lowest BCUT2D eigenvalue weighted by atomic mass is 10.4. The second-order valence-corrected chi connectivity index (χ2v) is 3.79. The Labute approximate surface area is 75.5 Å². The highest BCUT2D eigenvalue weighted by Crippen LogP contribution is 2.24. The summed E-state index contributed by atoms with van der Waals surface area (Å²) in [6.07, 6.45) is 1.72. The van der Waals surface area contributed by atoms with Gasteiger partial charge >= 0.3 is 0 Å². The Balaban J connectivity index is 2.86. The van der Waals surface area contributed by atoms with Gasteiger partial charge in [0.05, 0.1) is 0 Å². The normalized spacial score (nSPS) is 10.6. The van der Waals surface area contributed by atoms with E-state index in [2.05, 4.69) is 25.3 Å². The van der Waals surface area contributed by atoms with Crippen molar-refractivity contribution in [2.24, 2.45) is 0 Å². The monoisotopic (exact) mass is 229 g/mol. The molecule has 56 valence electrons. The summed E-state index contributed by atoms with van der Waals surface area (Å²) in [5, 5.41) is 0.674. The number of hydrogen-bond acceptors (Lipinski definition) is 4. The molecule has 0 aromatic carbocycles. The van der Waals surface area contributed by atoms with E-state index in [0.29, 0.717) is 5.00 Å². The fourth-order valence-corrected chi connectivity index (χ4v) is 1.73. The summed E-state index contributed by atoms with van der Waals surface area (Å²) >= 11 is 4.57. The molecule has 3 nitrogen and oxygen atoms in total. The van der Waals surface area contributed by atoms with Gasteiger partial charge in [0.25, 0.3) is 0 Å². The fraction of sp³-hybridized carbons (Fsp3) is 0. The van der Waals surface area contributed by atoms with Gasteiger partial charge in [0.15, 0.2) is 0 Å². The zero-order chi connectivity index (χ0) is 7.84. The van der Waals surface area contributed by atoms with Gasteiger partial charge in [0.2, 0.25) is 0 Å². The maximum atomic E-state index is 5.60. The van der Waals surface area contributed by atoms with Crippen molar-refractivity contribution >= 4 is 43.5 Å². The van der Waals surface area contributed by atoms with Gasteiger partial charge in [-0.15, -0.1) is 0 Å². The summed E-state index contributed by atoms with van der Waals surface area (Å²) in [5.41, 5.74) is 7.24. The summed E-state index contributed by atoms with van der Waals surface area (Å²) in [4.78, 5) is 4.12. The smallest absolute Gasteiger partial charge is 0.133 e. The Morgan fingerprint density at radius 1 is 1.55 bits per heavy atom. The molecule has 0 aliphatic heterocycles. The molecular weight excluding hydrogens is 226 g/mol. The van der Waals surface area contributed by atoms with Crippen LogP contribution in [0.5, 0.6) is 0 Å². The zero-order valence-electron chi connectivity index (χ0n) is 5.41. The molecule has 2 heterocycles. The van der Waals surface area contributed by atoms with Crippen LogP contribution in [0, 0.1) is 0 Å². The summed E-state index contributed by atoms with van der Waals surface area (Å²) in [7, 11) is 0. The number of nitrogens with zero attached hydrogens (tertiary/aromatic N) is 2. The minimum Gasteiger partial charge on any atom is -0.388 e. The first-order valence-electron chi connectivity index (χ1n) is 2.94. The van der Waals surface area contributed by atoms with Crippen LogP contribution in [0.2, 0.25) is 0 Å². The summed E-state index contributed by atoms with van der Waals surface area (Å²) in [5.74, 6) is 0. The molecule has 0 saturated carbocycles. The third-order valence-electron chi connectivity index (χ3n) is 1.31. The van der Waals surface area contributed by atoms with Gasteiger partial charge in [-0.05, 0) is 33.5 Å². The number of hydrogen-bond donors (Lipinski definition) is 1. The number of nitrogens with two attached hydrogens (primary N) is 1. The molecule has 0 radical (unpaired) electrons. The molecule has 0 aliphatic rings. The standard InChI is InChI=1S/C6H4BrN3S/c7-3-1-4-5(9-2-3)6(8)11-10-4/h1-2H,8H2. The highest BCUT2D eigenvalue weighted by atomic mass is 79.9. The second kappa shape index (κ2) is 2.42. The van der Waals surface area contributed by atoms with Crippen molar-refractivity contribution in [2.75, 3.05) is 5.73 Å². The maximum absolute atomic E-state index is 5.60. The van der Waals surface area contributed by atoms with Crippen molar-refractivity contribution in [3.05, 3.63) is 16.7 Å². The number of anilines is 1. The van der Waals surface area contributed by atoms with E-state index in [1.807, 2.05) is 6.07 Å². The molecule has 0 atom stereocenters. The molecule has 0 amide bonds. The zero-order valence-corrected chi connectivity index (χ0v) is 7.82. The van der Waals surface area contributed by atoms with Crippen LogP contribution < -0.4 is 5.73 Å². The summed E-state index contributed by atoms with van der Waals surface area (Å²) in [6.45, 7) is 0. The van der Waals surface area contributed by atoms with Crippen molar-refractivity contribution < 1.29 is 0 Å². The van der Waals surface area contributed by atoms with E-state index in [-0.39, 0.29) is 0 Å². The van der Waals surface area contributed by atoms with Crippen molar-refractivity contribution in [2.45, 2.75) is 0 Å². The van der Waals surface area contributed by atoms with Gasteiger partial charge in [-0.3, -0.25) is 4.98 Å². The first-order chi connectivity index (χ1) is 5.27. The quantitative estimate of drug-likeness (QED) is 0.753. The SMILES string of the molecule is Nc1snc2cc(Br)cnc12. The highest BCUT2D eigenvalue weighted by Gasteiger charge is 2.02. The van der Waals surface area contributed by atoms with Crippen LogP contribution in [-0.2, 0) is 0 Å². The topological polar surface area (TPSA) is 51.8 Å². The third kappa shape index (κ3) is 1.10. The maximum Gasteiger partial charge on any atom is 0.133 e. The predicted octanol–water partition coefficient (Wildman–Crippen LogP) is 2.04. The largest absolute Gasteiger partial charge is 0.388 e. The minimum absolute atomic E-state index is 0.674. The van der Waals surface area contributed by atoms with Crippen LogP contribution >= 0.6 is 27.5 Å². The van der Waals surface area contributed by atoms with Gasteiger partial charge in [-0.1, -0.05) is 0 Å². The van der Waals surface area contributed by atoms with Crippen molar-refractivity contribution in [3.63, 3.8) is 0 Å². The van der Waals surface area contributed by atoms with Crippen molar-refractivity contribution in [1.82, 2.24) is 9.36 Å². The first kappa shape index (κ1) is 7.00. The fourth-order valence-electron chi connectivity index (χ4n) is 0.830. The molecule has 2 N–H and O–H groups in total. The average Bonchev–Trinajstić information content (AvgIpc) is 2.32. The Hall–Kier alpha value is -0.680. The van der Waals surface area contributed by atoms with Crippen LogP contribution in [-0.4, -0.2) is 9.36 Å². The Bertz CT molecular complexity index is 398. The molecule has 0 spiro atoms. The predicted molar refractivity (Wildman–Crippen MR) is 49.5 cm³/mol. The molecule has 5 heteroatoms. The Morgan fingerprint density at radius 2 is 2.36 bits per heavy atom. The molecule has 0 saturated heterocycles.